The van der Waals surface area contributed by atoms with Crippen LogP contribution < -0.4 is 5.32 Å². The summed E-state index contributed by atoms with van der Waals surface area (Å²) in [5, 5.41) is 5.94. The summed E-state index contributed by atoms with van der Waals surface area (Å²) in [6.45, 7) is 1.48. The van der Waals surface area contributed by atoms with Crippen molar-refractivity contribution in [3.8, 4) is 0 Å². The van der Waals surface area contributed by atoms with E-state index in [-0.39, 0.29) is 16.5 Å². The van der Waals surface area contributed by atoms with Gasteiger partial charge in [0, 0.05) is 12.0 Å². The summed E-state index contributed by atoms with van der Waals surface area (Å²) in [7, 11) is -3.67. The smallest absolute Gasteiger partial charge is 0.229 e. The average molecular weight is 312 g/mol. The standard InChI is InChI=1S/C13H13FN2O4S/c1-9(13(17)15-12-6-7-20-16-12)8-21(18,19)11-4-2-10(14)3-5-11/h2-7,9H,8H2,1H3,(H,15,16,17). The average Bonchev–Trinajstić information content (AvgIpc) is 2.91. The van der Waals surface area contributed by atoms with Crippen molar-refractivity contribution in [2.45, 2.75) is 11.8 Å². The maximum absolute atomic E-state index is 12.8. The van der Waals surface area contributed by atoms with E-state index in [2.05, 4.69) is 15.0 Å². The molecular formula is C13H13FN2O4S. The Morgan fingerprint density at radius 3 is 2.57 bits per heavy atom. The molecule has 2 rings (SSSR count). The number of carbonyl (C=O) groups is 1. The molecule has 0 aliphatic heterocycles. The Morgan fingerprint density at radius 2 is 2.00 bits per heavy atom. The molecule has 1 amide bonds. The summed E-state index contributed by atoms with van der Waals surface area (Å²) in [6.07, 6.45) is 1.29. The van der Waals surface area contributed by atoms with E-state index >= 15 is 0 Å². The third-order valence-electron chi connectivity index (χ3n) is 2.78. The van der Waals surface area contributed by atoms with E-state index in [1.54, 1.807) is 0 Å². The number of anilines is 1. The quantitative estimate of drug-likeness (QED) is 0.851. The summed E-state index contributed by atoms with van der Waals surface area (Å²) in [5.74, 6) is -1.98. The van der Waals surface area contributed by atoms with Crippen LogP contribution >= 0.6 is 0 Å². The fourth-order valence-electron chi connectivity index (χ4n) is 1.67. The first-order valence-electron chi connectivity index (χ1n) is 6.08. The molecule has 0 aliphatic carbocycles. The second-order valence-corrected chi connectivity index (χ2v) is 6.54. The van der Waals surface area contributed by atoms with E-state index in [9.17, 15) is 17.6 Å². The number of benzene rings is 1. The van der Waals surface area contributed by atoms with Gasteiger partial charge in [0.05, 0.1) is 10.6 Å². The topological polar surface area (TPSA) is 89.3 Å². The van der Waals surface area contributed by atoms with Crippen LogP contribution in [0.2, 0.25) is 0 Å². The Bertz CT molecular complexity index is 711. The van der Waals surface area contributed by atoms with Crippen molar-refractivity contribution >= 4 is 21.6 Å². The largest absolute Gasteiger partial charge is 0.363 e. The van der Waals surface area contributed by atoms with Crippen molar-refractivity contribution in [2.75, 3.05) is 11.1 Å². The SMILES string of the molecule is CC(CS(=O)(=O)c1ccc(F)cc1)C(=O)Nc1ccon1. The molecule has 0 spiro atoms. The first-order chi connectivity index (χ1) is 9.88. The highest BCUT2D eigenvalue weighted by Gasteiger charge is 2.23. The molecule has 1 aromatic heterocycles. The van der Waals surface area contributed by atoms with Gasteiger partial charge in [-0.05, 0) is 24.3 Å². The Balaban J connectivity index is 2.05. The molecule has 0 fully saturated rings. The zero-order valence-corrected chi connectivity index (χ0v) is 11.9. The van der Waals surface area contributed by atoms with Crippen molar-refractivity contribution in [1.82, 2.24) is 5.16 Å². The van der Waals surface area contributed by atoms with Crippen molar-refractivity contribution < 1.29 is 22.1 Å². The van der Waals surface area contributed by atoms with Crippen LogP contribution in [0.4, 0.5) is 10.2 Å². The molecule has 8 heteroatoms. The van der Waals surface area contributed by atoms with Crippen LogP contribution in [-0.4, -0.2) is 25.2 Å². The van der Waals surface area contributed by atoms with Gasteiger partial charge in [0.2, 0.25) is 5.91 Å². The van der Waals surface area contributed by atoms with E-state index in [1.165, 1.54) is 31.4 Å². The van der Waals surface area contributed by atoms with Gasteiger partial charge in [-0.1, -0.05) is 12.1 Å². The monoisotopic (exact) mass is 312 g/mol. The number of carbonyl (C=O) groups excluding carboxylic acids is 1. The highest BCUT2D eigenvalue weighted by molar-refractivity contribution is 7.91. The lowest BCUT2D eigenvalue weighted by atomic mass is 10.2. The van der Waals surface area contributed by atoms with Crippen molar-refractivity contribution in [2.24, 2.45) is 5.92 Å². The molecule has 2 aromatic rings. The van der Waals surface area contributed by atoms with Crippen molar-refractivity contribution in [3.63, 3.8) is 0 Å². The molecule has 1 atom stereocenters. The number of sulfone groups is 1. The summed E-state index contributed by atoms with van der Waals surface area (Å²) in [4.78, 5) is 11.8. The fourth-order valence-corrected chi connectivity index (χ4v) is 3.22. The molecule has 21 heavy (non-hydrogen) atoms. The first kappa shape index (κ1) is 15.2. The van der Waals surface area contributed by atoms with Crippen LogP contribution in [-0.2, 0) is 14.6 Å². The molecule has 1 unspecified atom stereocenters. The molecule has 0 radical (unpaired) electrons. The number of nitrogens with one attached hydrogen (secondary N) is 1. The second kappa shape index (κ2) is 6.04. The Hall–Kier alpha value is -2.22. The van der Waals surface area contributed by atoms with Gasteiger partial charge in [0.15, 0.2) is 15.7 Å². The van der Waals surface area contributed by atoms with Crippen LogP contribution in [0.1, 0.15) is 6.92 Å². The number of nitrogens with zero attached hydrogens (tertiary/aromatic N) is 1. The molecule has 0 saturated heterocycles. The number of halogens is 1. The summed E-state index contributed by atoms with van der Waals surface area (Å²) >= 11 is 0. The van der Waals surface area contributed by atoms with Crippen LogP contribution in [0.3, 0.4) is 0 Å². The minimum atomic E-state index is -3.67. The normalized spacial score (nSPS) is 12.9. The van der Waals surface area contributed by atoms with Gasteiger partial charge >= 0.3 is 0 Å². The Labute approximate surface area is 120 Å². The molecule has 112 valence electrons. The Kier molecular flexibility index (Phi) is 4.37. The van der Waals surface area contributed by atoms with E-state index in [1.807, 2.05) is 0 Å². The maximum atomic E-state index is 12.8. The minimum absolute atomic E-state index is 0.0232. The molecule has 1 aromatic carbocycles. The number of hydrogen-bond donors (Lipinski definition) is 1. The van der Waals surface area contributed by atoms with Crippen molar-refractivity contribution in [3.05, 3.63) is 42.4 Å². The number of hydrogen-bond acceptors (Lipinski definition) is 5. The number of aromatic nitrogens is 1. The molecule has 1 N–H and O–H groups in total. The molecule has 0 saturated carbocycles. The lowest BCUT2D eigenvalue weighted by Crippen LogP contribution is -2.27. The third-order valence-corrected chi connectivity index (χ3v) is 4.71. The Morgan fingerprint density at radius 1 is 1.33 bits per heavy atom. The molecule has 6 nitrogen and oxygen atoms in total. The van der Waals surface area contributed by atoms with Gasteiger partial charge in [-0.15, -0.1) is 0 Å². The van der Waals surface area contributed by atoms with Crippen LogP contribution in [0.5, 0.6) is 0 Å². The van der Waals surface area contributed by atoms with Crippen LogP contribution in [0.25, 0.3) is 0 Å². The van der Waals surface area contributed by atoms with Crippen LogP contribution in [0, 0.1) is 11.7 Å². The van der Waals surface area contributed by atoms with Gasteiger partial charge in [-0.2, -0.15) is 0 Å². The first-order valence-corrected chi connectivity index (χ1v) is 7.73. The predicted octanol–water partition coefficient (Wildman–Crippen LogP) is 1.86. The highest BCUT2D eigenvalue weighted by atomic mass is 32.2. The number of amides is 1. The zero-order chi connectivity index (χ0) is 15.5. The van der Waals surface area contributed by atoms with E-state index in [0.717, 1.165) is 12.1 Å². The zero-order valence-electron chi connectivity index (χ0n) is 11.1. The van der Waals surface area contributed by atoms with Gasteiger partial charge in [-0.25, -0.2) is 12.8 Å². The summed E-state index contributed by atoms with van der Waals surface area (Å²) in [5.41, 5.74) is 0. The molecule has 0 bridgehead atoms. The van der Waals surface area contributed by atoms with Gasteiger partial charge < -0.3 is 9.84 Å². The molecule has 0 aliphatic rings. The fraction of sp³-hybridized carbons (Fsp3) is 0.231. The van der Waals surface area contributed by atoms with Gasteiger partial charge in [-0.3, -0.25) is 4.79 Å². The van der Waals surface area contributed by atoms with Crippen molar-refractivity contribution in [1.29, 1.82) is 0 Å². The molecular weight excluding hydrogens is 299 g/mol. The second-order valence-electron chi connectivity index (χ2n) is 4.51. The third kappa shape index (κ3) is 3.88. The minimum Gasteiger partial charge on any atom is -0.363 e. The molecule has 1 heterocycles. The number of rotatable bonds is 5. The summed E-state index contributed by atoms with van der Waals surface area (Å²) < 4.78 is 41.6. The summed E-state index contributed by atoms with van der Waals surface area (Å²) in [6, 6.07) is 5.92. The predicted molar refractivity (Wildman–Crippen MR) is 72.7 cm³/mol. The maximum Gasteiger partial charge on any atom is 0.229 e. The van der Waals surface area contributed by atoms with Gasteiger partial charge in [0.25, 0.3) is 0 Å². The highest BCUT2D eigenvalue weighted by Crippen LogP contribution is 2.16. The van der Waals surface area contributed by atoms with Crippen LogP contribution in [0.15, 0.2) is 46.0 Å². The van der Waals surface area contributed by atoms with Gasteiger partial charge in [0.1, 0.15) is 12.1 Å². The van der Waals surface area contributed by atoms with E-state index in [0.29, 0.717) is 0 Å². The lowest BCUT2D eigenvalue weighted by Gasteiger charge is -2.11. The van der Waals surface area contributed by atoms with E-state index in [4.69, 9.17) is 0 Å². The lowest BCUT2D eigenvalue weighted by molar-refractivity contribution is -0.118. The van der Waals surface area contributed by atoms with E-state index < -0.39 is 27.5 Å².